The van der Waals surface area contributed by atoms with E-state index in [1.807, 2.05) is 18.2 Å². The standard InChI is InChI=1S/C32H44N7O17P3S/c1-32(2,26(42)29(43)35-10-9-22(40)34-11-12-60-31(44)20-8-7-18-5-3-4-6-19(18)13-20)15-53-59(50,51)56-58(48,49)52-14-21-25(55-57(45,46)47)24(41)30(54-21)39-17-38-23-27(33)36-16-37-28(23)39/h4,6-8,13,16-17,21,24-26,30,41-42H,3,5,9-12,14-15H2,1-2H3,(H,34,40)(H,35,43)(H,48,49)(H,50,51)(H2,33,36,37)(H2,45,46,47)/t21-,24-,25-,26+,30-/m1/s1. The van der Waals surface area contributed by atoms with Crippen LogP contribution in [0.1, 0.15) is 54.4 Å². The molecule has 2 aromatic heterocycles. The third-order valence-corrected chi connectivity index (χ3v) is 13.0. The second-order valence-electron chi connectivity index (χ2n) is 14.1. The number of aliphatic hydroxyl groups is 2. The molecule has 10 N–H and O–H groups in total. The van der Waals surface area contributed by atoms with Gasteiger partial charge < -0.3 is 50.9 Å². The summed E-state index contributed by atoms with van der Waals surface area (Å²) in [6.45, 7) is 0.454. The van der Waals surface area contributed by atoms with Gasteiger partial charge in [0.25, 0.3) is 0 Å². The van der Waals surface area contributed by atoms with Crippen LogP contribution >= 0.6 is 35.2 Å². The van der Waals surface area contributed by atoms with Crippen molar-refractivity contribution in [2.75, 3.05) is 37.8 Å². The van der Waals surface area contributed by atoms with Crippen LogP contribution in [0.25, 0.3) is 17.2 Å². The van der Waals surface area contributed by atoms with Crippen LogP contribution in [0, 0.1) is 5.41 Å². The lowest BCUT2D eigenvalue weighted by molar-refractivity contribution is -0.137. The molecule has 0 spiro atoms. The molecule has 1 fully saturated rings. The average Bonchev–Trinajstić information content (AvgIpc) is 3.74. The van der Waals surface area contributed by atoms with Gasteiger partial charge in [-0.25, -0.2) is 28.6 Å². The van der Waals surface area contributed by atoms with E-state index in [1.165, 1.54) is 19.4 Å². The Morgan fingerprint density at radius 2 is 1.80 bits per heavy atom. The molecule has 3 heterocycles. The van der Waals surface area contributed by atoms with Crippen LogP contribution in [0.3, 0.4) is 0 Å². The van der Waals surface area contributed by atoms with Crippen molar-refractivity contribution >= 4 is 75.2 Å². The lowest BCUT2D eigenvalue weighted by Gasteiger charge is -2.30. The summed E-state index contributed by atoms with van der Waals surface area (Å²) >= 11 is 1.05. The van der Waals surface area contributed by atoms with Crippen LogP contribution in [0.5, 0.6) is 0 Å². The van der Waals surface area contributed by atoms with Crippen LogP contribution in [-0.4, -0.2) is 123 Å². The van der Waals surface area contributed by atoms with Crippen LogP contribution in [0.2, 0.25) is 0 Å². The number of fused-ring (bicyclic) bond motifs is 2. The monoisotopic (exact) mass is 923 g/mol. The van der Waals surface area contributed by atoms with Crippen molar-refractivity contribution in [3.8, 4) is 0 Å². The molecule has 1 aliphatic heterocycles. The third kappa shape index (κ3) is 12.8. The van der Waals surface area contributed by atoms with Crippen LogP contribution < -0.4 is 16.4 Å². The van der Waals surface area contributed by atoms with Crippen molar-refractivity contribution in [1.29, 1.82) is 0 Å². The highest BCUT2D eigenvalue weighted by Crippen LogP contribution is 2.61. The zero-order chi connectivity index (χ0) is 44.0. The quantitative estimate of drug-likeness (QED) is 0.0562. The molecule has 0 saturated carbocycles. The highest BCUT2D eigenvalue weighted by atomic mass is 32.2. The number of nitrogens with one attached hydrogen (secondary N) is 2. The van der Waals surface area contributed by atoms with Crippen molar-refractivity contribution in [2.45, 2.75) is 63.8 Å². The van der Waals surface area contributed by atoms with Crippen LogP contribution in [0.15, 0.2) is 36.9 Å². The number of phosphoric ester groups is 3. The van der Waals surface area contributed by atoms with Crippen LogP contribution in [0.4, 0.5) is 5.82 Å². The first-order valence-corrected chi connectivity index (χ1v) is 23.4. The van der Waals surface area contributed by atoms with E-state index in [0.29, 0.717) is 11.3 Å². The van der Waals surface area contributed by atoms with Gasteiger partial charge in [0.1, 0.15) is 36.3 Å². The first kappa shape index (κ1) is 47.6. The van der Waals surface area contributed by atoms with Crippen molar-refractivity contribution < 1.29 is 80.5 Å². The summed E-state index contributed by atoms with van der Waals surface area (Å²) in [5, 5.41) is 26.4. The number of aryl methyl sites for hydroxylation is 1. The minimum absolute atomic E-state index is 0.0296. The van der Waals surface area contributed by atoms with Crippen molar-refractivity contribution in [3.63, 3.8) is 0 Å². The Hall–Kier alpha value is -3.48. The topological polar surface area (TPSA) is 364 Å². The second-order valence-corrected chi connectivity index (χ2v) is 19.4. The molecule has 28 heteroatoms. The maximum Gasteiger partial charge on any atom is 0.481 e. The average molecular weight is 924 g/mol. The number of rotatable bonds is 20. The lowest BCUT2D eigenvalue weighted by atomic mass is 9.87. The number of allylic oxidation sites excluding steroid dienone is 1. The van der Waals surface area contributed by atoms with E-state index < -0.39 is 84.6 Å². The number of aromatic nitrogens is 4. The van der Waals surface area contributed by atoms with Crippen molar-refractivity contribution in [1.82, 2.24) is 30.2 Å². The maximum absolute atomic E-state index is 12.7. The number of amides is 2. The summed E-state index contributed by atoms with van der Waals surface area (Å²) in [5.41, 5.74) is 7.01. The molecule has 1 aromatic carbocycles. The molecule has 330 valence electrons. The normalized spacial score (nSPS) is 21.8. The number of nitrogens with two attached hydrogens (primary N) is 1. The van der Waals surface area contributed by atoms with E-state index in [1.54, 1.807) is 6.07 Å². The van der Waals surface area contributed by atoms with Gasteiger partial charge in [0.15, 0.2) is 17.7 Å². The summed E-state index contributed by atoms with van der Waals surface area (Å²) in [6.07, 6.45) is -1.03. The number of benzene rings is 1. The van der Waals surface area contributed by atoms with Crippen molar-refractivity contribution in [3.05, 3.63) is 53.6 Å². The number of phosphoric acid groups is 3. The molecule has 1 saturated heterocycles. The van der Waals surface area contributed by atoms with Gasteiger partial charge in [-0.1, -0.05) is 49.9 Å². The number of anilines is 1. The smallest absolute Gasteiger partial charge is 0.386 e. The Labute approximate surface area is 345 Å². The molecule has 2 aliphatic rings. The number of nitrogens with zero attached hydrogens (tertiary/aromatic N) is 4. The predicted octanol–water partition coefficient (Wildman–Crippen LogP) is 0.938. The van der Waals surface area contributed by atoms with Gasteiger partial charge >= 0.3 is 23.5 Å². The summed E-state index contributed by atoms with van der Waals surface area (Å²) in [7, 11) is -16.4. The number of aliphatic hydroxyl groups excluding tert-OH is 2. The Morgan fingerprint density at radius 3 is 2.53 bits per heavy atom. The predicted molar refractivity (Wildman–Crippen MR) is 210 cm³/mol. The van der Waals surface area contributed by atoms with Crippen LogP contribution in [-0.2, 0) is 52.3 Å². The Kier molecular flexibility index (Phi) is 15.6. The molecule has 60 heavy (non-hydrogen) atoms. The number of thioether (sulfide) groups is 1. The molecule has 5 rings (SSSR count). The Balaban J connectivity index is 1.04. The maximum atomic E-state index is 12.7. The third-order valence-electron chi connectivity index (χ3n) is 8.99. The van der Waals surface area contributed by atoms with E-state index >= 15 is 0 Å². The number of hydrogen-bond donors (Lipinski definition) is 9. The first-order valence-electron chi connectivity index (χ1n) is 17.9. The van der Waals surface area contributed by atoms with Gasteiger partial charge in [-0.3, -0.25) is 32.5 Å². The Bertz CT molecular complexity index is 2240. The molecule has 0 bridgehead atoms. The lowest BCUT2D eigenvalue weighted by Crippen LogP contribution is -2.46. The number of carbonyl (C=O) groups is 3. The zero-order valence-electron chi connectivity index (χ0n) is 31.9. The number of imidazole rings is 1. The van der Waals surface area contributed by atoms with Gasteiger partial charge in [-0.15, -0.1) is 0 Å². The van der Waals surface area contributed by atoms with Gasteiger partial charge in [0, 0.05) is 36.2 Å². The molecule has 2 amide bonds. The van der Waals surface area contributed by atoms with E-state index in [-0.39, 0.29) is 41.6 Å². The first-order chi connectivity index (χ1) is 28.1. The fourth-order valence-corrected chi connectivity index (χ4v) is 9.42. The largest absolute Gasteiger partial charge is 0.481 e. The molecule has 24 nitrogen and oxygen atoms in total. The highest BCUT2D eigenvalue weighted by molar-refractivity contribution is 8.14. The van der Waals surface area contributed by atoms with Gasteiger partial charge in [0.2, 0.25) is 16.9 Å². The van der Waals surface area contributed by atoms with Gasteiger partial charge in [-0.05, 0) is 30.0 Å². The minimum Gasteiger partial charge on any atom is -0.386 e. The minimum atomic E-state index is -5.58. The van der Waals surface area contributed by atoms with E-state index in [4.69, 9.17) is 19.5 Å². The number of nitrogen functional groups attached to an aromatic ring is 1. The van der Waals surface area contributed by atoms with Gasteiger partial charge in [-0.2, -0.15) is 4.31 Å². The molecule has 2 unspecified atom stereocenters. The van der Waals surface area contributed by atoms with E-state index in [2.05, 4.69) is 40.5 Å². The SMILES string of the molecule is CC(C)(COP(=O)(O)OP(=O)(O)OC[C@H]1O[C@@H](n2cnc3c(N)ncnc32)[C@H](O)[C@@H]1OP(=O)(O)O)[C@@H](O)C(=O)NCCC(=O)NCCSC(=O)c1ccc2c(c1)C=CCC2. The molecular formula is C32H44N7O17P3S. The number of carbonyl (C=O) groups excluding carboxylic acids is 3. The number of hydrogen-bond acceptors (Lipinski definition) is 18. The van der Waals surface area contributed by atoms with Crippen molar-refractivity contribution in [2.24, 2.45) is 5.41 Å². The molecular weight excluding hydrogens is 879 g/mol. The summed E-state index contributed by atoms with van der Waals surface area (Å²) < 4.78 is 62.3. The number of ether oxygens (including phenoxy) is 1. The molecule has 3 aromatic rings. The summed E-state index contributed by atoms with van der Waals surface area (Å²) in [4.78, 5) is 88.6. The molecule has 1 aliphatic carbocycles. The highest BCUT2D eigenvalue weighted by Gasteiger charge is 2.50. The fraction of sp³-hybridized carbons (Fsp3) is 0.500. The van der Waals surface area contributed by atoms with Gasteiger partial charge in [0.05, 0.1) is 19.5 Å². The molecule has 7 atom stereocenters. The Morgan fingerprint density at radius 1 is 1.07 bits per heavy atom. The summed E-state index contributed by atoms with van der Waals surface area (Å²) in [6, 6.07) is 5.56. The second kappa shape index (κ2) is 19.7. The summed E-state index contributed by atoms with van der Waals surface area (Å²) in [5.74, 6) is -1.16. The molecule has 0 radical (unpaired) electrons. The fourth-order valence-electron chi connectivity index (χ4n) is 5.91. The van der Waals surface area contributed by atoms with E-state index in [9.17, 15) is 57.9 Å². The zero-order valence-corrected chi connectivity index (χ0v) is 35.4. The van der Waals surface area contributed by atoms with E-state index in [0.717, 1.165) is 47.4 Å².